The third kappa shape index (κ3) is 4.83. The Labute approximate surface area is 172 Å². The van der Waals surface area contributed by atoms with E-state index >= 15 is 0 Å². The van der Waals surface area contributed by atoms with Crippen molar-refractivity contribution in [2.24, 2.45) is 11.7 Å². The quantitative estimate of drug-likeness (QED) is 0.420. The molecule has 1 saturated heterocycles. The van der Waals surface area contributed by atoms with Gasteiger partial charge in [-0.25, -0.2) is 0 Å². The van der Waals surface area contributed by atoms with Gasteiger partial charge in [0.15, 0.2) is 0 Å². The molecule has 1 heterocycles. The molecule has 10 heteroatoms. The van der Waals surface area contributed by atoms with Crippen molar-refractivity contribution in [2.75, 3.05) is 13.1 Å². The fourth-order valence-corrected chi connectivity index (χ4v) is 4.18. The highest BCUT2D eigenvalue weighted by molar-refractivity contribution is 7.86. The Morgan fingerprint density at radius 2 is 1.86 bits per heavy atom. The lowest BCUT2D eigenvalue weighted by atomic mass is 9.74. The Hall–Kier alpha value is -1.46. The summed E-state index contributed by atoms with van der Waals surface area (Å²) in [6.45, 7) is 8.24. The maximum Gasteiger partial charge on any atom is 0.495 e. The topological polar surface area (TPSA) is 128 Å². The van der Waals surface area contributed by atoms with E-state index in [4.69, 9.17) is 15.0 Å². The molecule has 0 bridgehead atoms. The van der Waals surface area contributed by atoms with E-state index in [1.54, 1.807) is 0 Å². The zero-order chi connectivity index (χ0) is 21.6. The molecule has 1 aromatic rings. The summed E-state index contributed by atoms with van der Waals surface area (Å²) >= 11 is 0. The fourth-order valence-electron chi connectivity index (χ4n) is 3.31. The number of hydrogen-bond donors (Lipinski definition) is 3. The summed E-state index contributed by atoms with van der Waals surface area (Å²) in [4.78, 5) is 11.7. The van der Waals surface area contributed by atoms with Crippen LogP contribution < -0.4 is 16.5 Å². The minimum atomic E-state index is -4.43. The monoisotopic (exact) mass is 424 g/mol. The average Bonchev–Trinajstić information content (AvgIpc) is 3.36. The second-order valence-electron chi connectivity index (χ2n) is 8.90. The van der Waals surface area contributed by atoms with E-state index in [0.29, 0.717) is 23.5 Å². The number of carbonyl (C=O) groups excluding carboxylic acids is 1. The standard InChI is InChI=1S/C19H29BN2O6S/c1-18(2)19(3,4)28-20(27-18)15-9-13(17(21)23)7-8-14(15)16(29(24,25)26)11-22-10-12-5-6-12/h7-9,12,16,22H,5-6,10-11H2,1-4H3,(H2,21,23)(H,24,25,26). The fraction of sp³-hybridized carbons (Fsp3) is 0.632. The average molecular weight is 424 g/mol. The number of nitrogens with two attached hydrogens (primary N) is 1. The molecule has 160 valence electrons. The van der Waals surface area contributed by atoms with Gasteiger partial charge in [-0.15, -0.1) is 0 Å². The van der Waals surface area contributed by atoms with Crippen molar-refractivity contribution < 1.29 is 27.1 Å². The minimum absolute atomic E-state index is 0.0394. The van der Waals surface area contributed by atoms with E-state index in [1.165, 1.54) is 18.2 Å². The SMILES string of the molecule is CC1(C)OB(c2cc(C(N)=O)ccc2C(CNCC2CC2)S(=O)(=O)O)OC1(C)C. The van der Waals surface area contributed by atoms with E-state index in [0.717, 1.165) is 12.8 Å². The Bertz CT molecular complexity index is 882. The maximum absolute atomic E-state index is 12.2. The lowest BCUT2D eigenvalue weighted by Gasteiger charge is -2.32. The molecule has 1 aromatic carbocycles. The van der Waals surface area contributed by atoms with E-state index in [-0.39, 0.29) is 12.1 Å². The summed E-state index contributed by atoms with van der Waals surface area (Å²) in [5.74, 6) is -0.0959. The third-order valence-corrected chi connectivity index (χ3v) is 7.18. The zero-order valence-electron chi connectivity index (χ0n) is 17.3. The molecule has 4 N–H and O–H groups in total. The van der Waals surface area contributed by atoms with Gasteiger partial charge in [0.2, 0.25) is 5.91 Å². The van der Waals surface area contributed by atoms with Crippen molar-refractivity contribution in [3.63, 3.8) is 0 Å². The molecule has 3 rings (SSSR count). The van der Waals surface area contributed by atoms with Crippen LogP contribution in [0.3, 0.4) is 0 Å². The predicted octanol–water partition coefficient (Wildman–Crippen LogP) is 1.01. The summed E-state index contributed by atoms with van der Waals surface area (Å²) < 4.78 is 46.5. The second-order valence-corrected chi connectivity index (χ2v) is 10.5. The van der Waals surface area contributed by atoms with E-state index in [2.05, 4.69) is 5.32 Å². The molecule has 2 aliphatic rings. The molecule has 1 saturated carbocycles. The molecule has 1 unspecified atom stereocenters. The van der Waals surface area contributed by atoms with E-state index < -0.39 is 39.6 Å². The first-order valence-corrected chi connectivity index (χ1v) is 11.3. The molecule has 0 spiro atoms. The summed E-state index contributed by atoms with van der Waals surface area (Å²) in [5.41, 5.74) is 5.00. The van der Waals surface area contributed by atoms with Gasteiger partial charge in [-0.1, -0.05) is 6.07 Å². The molecule has 0 radical (unpaired) electrons. The molecular weight excluding hydrogens is 395 g/mol. The number of amides is 1. The smallest absolute Gasteiger partial charge is 0.399 e. The number of hydrogen-bond acceptors (Lipinski definition) is 6. The lowest BCUT2D eigenvalue weighted by Crippen LogP contribution is -2.41. The van der Waals surface area contributed by atoms with Crippen LogP contribution in [0.25, 0.3) is 0 Å². The Balaban J connectivity index is 2.01. The first kappa shape index (κ1) is 22.2. The first-order valence-electron chi connectivity index (χ1n) is 9.78. The predicted molar refractivity (Wildman–Crippen MR) is 111 cm³/mol. The minimum Gasteiger partial charge on any atom is -0.399 e. The summed E-state index contributed by atoms with van der Waals surface area (Å²) in [6, 6.07) is 4.43. The number of primary amides is 1. The Morgan fingerprint density at radius 1 is 1.28 bits per heavy atom. The summed E-state index contributed by atoms with van der Waals surface area (Å²) in [6.07, 6.45) is 2.24. The molecule has 1 aliphatic carbocycles. The van der Waals surface area contributed by atoms with Gasteiger partial charge in [0.1, 0.15) is 5.25 Å². The van der Waals surface area contributed by atoms with Gasteiger partial charge in [0, 0.05) is 12.1 Å². The summed E-state index contributed by atoms with van der Waals surface area (Å²) in [5, 5.41) is 1.90. The Morgan fingerprint density at radius 3 is 2.34 bits per heavy atom. The van der Waals surface area contributed by atoms with Crippen molar-refractivity contribution in [1.29, 1.82) is 0 Å². The van der Waals surface area contributed by atoms with E-state index in [9.17, 15) is 17.8 Å². The van der Waals surface area contributed by atoms with Crippen LogP contribution in [0, 0.1) is 5.92 Å². The number of benzene rings is 1. The molecular formula is C19H29BN2O6S. The van der Waals surface area contributed by atoms with Crippen LogP contribution in [0.4, 0.5) is 0 Å². The van der Waals surface area contributed by atoms with Gasteiger partial charge in [0.25, 0.3) is 10.1 Å². The van der Waals surface area contributed by atoms with Crippen molar-refractivity contribution in [2.45, 2.75) is 57.0 Å². The first-order chi connectivity index (χ1) is 13.3. The van der Waals surface area contributed by atoms with Gasteiger partial charge < -0.3 is 20.4 Å². The van der Waals surface area contributed by atoms with Crippen LogP contribution >= 0.6 is 0 Å². The number of rotatable bonds is 8. The van der Waals surface area contributed by atoms with Gasteiger partial charge in [-0.05, 0) is 76.2 Å². The van der Waals surface area contributed by atoms with Gasteiger partial charge in [0.05, 0.1) is 11.2 Å². The molecule has 2 fully saturated rings. The van der Waals surface area contributed by atoms with Crippen LogP contribution in [0.5, 0.6) is 0 Å². The van der Waals surface area contributed by atoms with Crippen LogP contribution in [0.15, 0.2) is 18.2 Å². The number of nitrogens with one attached hydrogen (secondary N) is 1. The maximum atomic E-state index is 12.2. The second kappa shape index (κ2) is 7.66. The van der Waals surface area contributed by atoms with Gasteiger partial charge >= 0.3 is 7.12 Å². The largest absolute Gasteiger partial charge is 0.495 e. The van der Waals surface area contributed by atoms with Crippen LogP contribution in [-0.4, -0.2) is 50.3 Å². The van der Waals surface area contributed by atoms with Crippen molar-refractivity contribution in [3.8, 4) is 0 Å². The molecule has 1 amide bonds. The zero-order valence-corrected chi connectivity index (χ0v) is 18.1. The van der Waals surface area contributed by atoms with Crippen molar-refractivity contribution in [1.82, 2.24) is 5.32 Å². The third-order valence-electron chi connectivity index (χ3n) is 6.04. The molecule has 0 aromatic heterocycles. The highest BCUT2D eigenvalue weighted by atomic mass is 32.2. The molecule has 8 nitrogen and oxygen atoms in total. The normalized spacial score (nSPS) is 21.9. The van der Waals surface area contributed by atoms with Crippen molar-refractivity contribution >= 4 is 28.6 Å². The molecule has 1 aliphatic heterocycles. The van der Waals surface area contributed by atoms with Crippen molar-refractivity contribution in [3.05, 3.63) is 29.3 Å². The molecule has 1 atom stereocenters. The Kier molecular flexibility index (Phi) is 5.88. The van der Waals surface area contributed by atoms with Crippen LogP contribution in [0.2, 0.25) is 0 Å². The highest BCUT2D eigenvalue weighted by Gasteiger charge is 2.52. The number of carbonyl (C=O) groups is 1. The van der Waals surface area contributed by atoms with Gasteiger partial charge in [-0.3, -0.25) is 9.35 Å². The summed E-state index contributed by atoms with van der Waals surface area (Å²) in [7, 11) is -5.33. The highest BCUT2D eigenvalue weighted by Crippen LogP contribution is 2.37. The molecule has 29 heavy (non-hydrogen) atoms. The van der Waals surface area contributed by atoms with Crippen LogP contribution in [-0.2, 0) is 19.4 Å². The lowest BCUT2D eigenvalue weighted by molar-refractivity contribution is 0.00578. The van der Waals surface area contributed by atoms with Gasteiger partial charge in [-0.2, -0.15) is 8.42 Å². The van der Waals surface area contributed by atoms with Crippen LogP contribution in [0.1, 0.15) is 61.7 Å². The van der Waals surface area contributed by atoms with E-state index in [1.807, 2.05) is 27.7 Å².